The first-order chi connectivity index (χ1) is 6.86. The first-order valence-corrected chi connectivity index (χ1v) is 5.95. The van der Waals surface area contributed by atoms with Crippen LogP contribution >= 0.6 is 11.3 Å². The van der Waals surface area contributed by atoms with Crippen molar-refractivity contribution in [2.24, 2.45) is 0 Å². The Hall–Kier alpha value is -0.450. The van der Waals surface area contributed by atoms with Gasteiger partial charge in [0.05, 0.1) is 17.3 Å². The first-order valence-electron chi connectivity index (χ1n) is 5.07. The van der Waals surface area contributed by atoms with Gasteiger partial charge in [0.25, 0.3) is 0 Å². The highest BCUT2D eigenvalue weighted by Crippen LogP contribution is 2.13. The maximum absolute atomic E-state index is 5.53. The molecule has 0 aliphatic carbocycles. The standard InChI is InChI=1S/C10H16N2OS/c1-8-10(14-7-12-8)6-11-5-9-3-2-4-13-9/h7,9,11H,2-6H2,1H3/t9-/m0/s1. The molecule has 1 aromatic rings. The lowest BCUT2D eigenvalue weighted by Gasteiger charge is -2.09. The van der Waals surface area contributed by atoms with Crippen LogP contribution in [0.2, 0.25) is 0 Å². The van der Waals surface area contributed by atoms with Gasteiger partial charge in [0.2, 0.25) is 0 Å². The zero-order chi connectivity index (χ0) is 9.80. The van der Waals surface area contributed by atoms with Crippen LogP contribution in [0.5, 0.6) is 0 Å². The van der Waals surface area contributed by atoms with Gasteiger partial charge in [0.1, 0.15) is 0 Å². The van der Waals surface area contributed by atoms with E-state index in [1.165, 1.54) is 17.7 Å². The van der Waals surface area contributed by atoms with E-state index >= 15 is 0 Å². The molecule has 0 radical (unpaired) electrons. The highest BCUT2D eigenvalue weighted by molar-refractivity contribution is 7.09. The van der Waals surface area contributed by atoms with Crippen LogP contribution in [0.1, 0.15) is 23.4 Å². The molecule has 14 heavy (non-hydrogen) atoms. The maximum Gasteiger partial charge on any atom is 0.0798 e. The summed E-state index contributed by atoms with van der Waals surface area (Å²) in [5.74, 6) is 0. The number of nitrogens with one attached hydrogen (secondary N) is 1. The second-order valence-corrected chi connectivity index (χ2v) is 4.57. The summed E-state index contributed by atoms with van der Waals surface area (Å²) in [5, 5.41) is 3.42. The van der Waals surface area contributed by atoms with Crippen molar-refractivity contribution >= 4 is 11.3 Å². The van der Waals surface area contributed by atoms with Gasteiger partial charge >= 0.3 is 0 Å². The van der Waals surface area contributed by atoms with Crippen molar-refractivity contribution in [2.75, 3.05) is 13.2 Å². The lowest BCUT2D eigenvalue weighted by Crippen LogP contribution is -2.25. The Morgan fingerprint density at radius 3 is 3.29 bits per heavy atom. The molecular weight excluding hydrogens is 196 g/mol. The molecule has 1 aromatic heterocycles. The quantitative estimate of drug-likeness (QED) is 0.825. The van der Waals surface area contributed by atoms with Crippen molar-refractivity contribution in [3.8, 4) is 0 Å². The molecule has 0 unspecified atom stereocenters. The molecule has 1 fully saturated rings. The normalized spacial score (nSPS) is 21.6. The fraction of sp³-hybridized carbons (Fsp3) is 0.700. The summed E-state index contributed by atoms with van der Waals surface area (Å²) < 4.78 is 5.53. The zero-order valence-electron chi connectivity index (χ0n) is 8.45. The number of aryl methyl sites for hydroxylation is 1. The van der Waals surface area contributed by atoms with Crippen molar-refractivity contribution in [1.29, 1.82) is 0 Å². The maximum atomic E-state index is 5.53. The summed E-state index contributed by atoms with van der Waals surface area (Å²) in [7, 11) is 0. The van der Waals surface area contributed by atoms with Gasteiger partial charge in [-0.25, -0.2) is 4.98 Å². The topological polar surface area (TPSA) is 34.2 Å². The molecule has 2 rings (SSSR count). The highest BCUT2D eigenvalue weighted by atomic mass is 32.1. The minimum atomic E-state index is 0.434. The Bertz CT molecular complexity index is 281. The molecule has 0 amide bonds. The van der Waals surface area contributed by atoms with E-state index in [0.717, 1.165) is 25.4 Å². The van der Waals surface area contributed by atoms with Crippen molar-refractivity contribution in [1.82, 2.24) is 10.3 Å². The van der Waals surface area contributed by atoms with Crippen LogP contribution in [0.4, 0.5) is 0 Å². The second-order valence-electron chi connectivity index (χ2n) is 3.63. The van der Waals surface area contributed by atoms with Gasteiger partial charge < -0.3 is 10.1 Å². The number of thiazole rings is 1. The third-order valence-corrected chi connectivity index (χ3v) is 3.46. The number of ether oxygens (including phenoxy) is 1. The molecule has 0 aromatic carbocycles. The van der Waals surface area contributed by atoms with Crippen LogP contribution < -0.4 is 5.32 Å². The van der Waals surface area contributed by atoms with Gasteiger partial charge in [-0.05, 0) is 19.8 Å². The van der Waals surface area contributed by atoms with Crippen LogP contribution in [0.3, 0.4) is 0 Å². The van der Waals surface area contributed by atoms with E-state index < -0.39 is 0 Å². The Kier molecular flexibility index (Phi) is 3.50. The van der Waals surface area contributed by atoms with Gasteiger partial charge in [0, 0.05) is 24.6 Å². The Morgan fingerprint density at radius 2 is 2.64 bits per heavy atom. The van der Waals surface area contributed by atoms with Crippen LogP contribution in [-0.2, 0) is 11.3 Å². The third kappa shape index (κ3) is 2.53. The Morgan fingerprint density at radius 1 is 1.71 bits per heavy atom. The predicted molar refractivity (Wildman–Crippen MR) is 57.5 cm³/mol. The fourth-order valence-corrected chi connectivity index (χ4v) is 2.39. The number of aromatic nitrogens is 1. The molecule has 1 N–H and O–H groups in total. The number of nitrogens with zero attached hydrogens (tertiary/aromatic N) is 1. The summed E-state index contributed by atoms with van der Waals surface area (Å²) in [5.41, 5.74) is 3.05. The van der Waals surface area contributed by atoms with E-state index in [4.69, 9.17) is 4.74 Å². The highest BCUT2D eigenvalue weighted by Gasteiger charge is 2.14. The monoisotopic (exact) mass is 212 g/mol. The number of rotatable bonds is 4. The lowest BCUT2D eigenvalue weighted by atomic mass is 10.2. The smallest absolute Gasteiger partial charge is 0.0798 e. The van der Waals surface area contributed by atoms with Crippen molar-refractivity contribution in [3.63, 3.8) is 0 Å². The van der Waals surface area contributed by atoms with Crippen LogP contribution in [-0.4, -0.2) is 24.2 Å². The van der Waals surface area contributed by atoms with Crippen molar-refractivity contribution in [3.05, 3.63) is 16.1 Å². The molecule has 0 bridgehead atoms. The summed E-state index contributed by atoms with van der Waals surface area (Å²) in [6.45, 7) is 4.89. The summed E-state index contributed by atoms with van der Waals surface area (Å²) in [6, 6.07) is 0. The lowest BCUT2D eigenvalue weighted by molar-refractivity contribution is 0.110. The minimum Gasteiger partial charge on any atom is -0.377 e. The number of hydrogen-bond acceptors (Lipinski definition) is 4. The molecule has 1 aliphatic heterocycles. The van der Waals surface area contributed by atoms with Crippen LogP contribution in [0.15, 0.2) is 5.51 Å². The van der Waals surface area contributed by atoms with Crippen molar-refractivity contribution < 1.29 is 4.74 Å². The first kappa shape index (κ1) is 10.1. The van der Waals surface area contributed by atoms with Gasteiger partial charge in [0.15, 0.2) is 0 Å². The summed E-state index contributed by atoms with van der Waals surface area (Å²) in [6.07, 6.45) is 2.85. The zero-order valence-corrected chi connectivity index (χ0v) is 9.27. The van der Waals surface area contributed by atoms with Gasteiger partial charge in [-0.3, -0.25) is 0 Å². The second kappa shape index (κ2) is 4.87. The third-order valence-electron chi connectivity index (χ3n) is 2.53. The molecule has 2 heterocycles. The van der Waals surface area contributed by atoms with Crippen molar-refractivity contribution in [2.45, 2.75) is 32.4 Å². The van der Waals surface area contributed by atoms with Gasteiger partial charge in [-0.2, -0.15) is 0 Å². The molecule has 3 nitrogen and oxygen atoms in total. The molecule has 1 atom stereocenters. The van der Waals surface area contributed by atoms with E-state index in [9.17, 15) is 0 Å². The van der Waals surface area contributed by atoms with E-state index in [1.54, 1.807) is 11.3 Å². The van der Waals surface area contributed by atoms with Crippen LogP contribution in [0.25, 0.3) is 0 Å². The van der Waals surface area contributed by atoms with Gasteiger partial charge in [-0.15, -0.1) is 11.3 Å². The Labute approximate surface area is 88.5 Å². The van der Waals surface area contributed by atoms with E-state index in [1.807, 2.05) is 5.51 Å². The summed E-state index contributed by atoms with van der Waals surface area (Å²) in [4.78, 5) is 5.55. The summed E-state index contributed by atoms with van der Waals surface area (Å²) >= 11 is 1.72. The molecule has 1 aliphatic rings. The average Bonchev–Trinajstić information content (AvgIpc) is 2.78. The fourth-order valence-electron chi connectivity index (χ4n) is 1.65. The minimum absolute atomic E-state index is 0.434. The molecular formula is C10H16N2OS. The predicted octanol–water partition coefficient (Wildman–Crippen LogP) is 1.72. The van der Waals surface area contributed by atoms with Crippen LogP contribution in [0, 0.1) is 6.92 Å². The average molecular weight is 212 g/mol. The molecule has 78 valence electrons. The molecule has 4 heteroatoms. The van der Waals surface area contributed by atoms with E-state index in [-0.39, 0.29) is 0 Å². The molecule has 0 saturated carbocycles. The van der Waals surface area contributed by atoms with E-state index in [2.05, 4.69) is 17.2 Å². The van der Waals surface area contributed by atoms with Gasteiger partial charge in [-0.1, -0.05) is 0 Å². The molecule has 1 saturated heterocycles. The van der Waals surface area contributed by atoms with E-state index in [0.29, 0.717) is 6.10 Å². The number of hydrogen-bond donors (Lipinski definition) is 1. The SMILES string of the molecule is Cc1ncsc1CNC[C@@H]1CCCO1. The molecule has 0 spiro atoms. The Balaban J connectivity index is 1.70. The largest absolute Gasteiger partial charge is 0.377 e.